The van der Waals surface area contributed by atoms with E-state index in [1.54, 1.807) is 6.07 Å². The molecule has 1 saturated heterocycles. The lowest BCUT2D eigenvalue weighted by Crippen LogP contribution is -2.41. The highest BCUT2D eigenvalue weighted by Crippen LogP contribution is 2.28. The fourth-order valence-corrected chi connectivity index (χ4v) is 2.80. The van der Waals surface area contributed by atoms with Crippen LogP contribution in [0.15, 0.2) is 21.7 Å². The lowest BCUT2D eigenvalue weighted by atomic mass is 9.93. The third-order valence-corrected chi connectivity index (χ3v) is 4.18. The summed E-state index contributed by atoms with van der Waals surface area (Å²) in [4.78, 5) is 18.5. The van der Waals surface area contributed by atoms with Crippen molar-refractivity contribution in [3.05, 3.63) is 23.7 Å². The molecule has 0 saturated carbocycles. The van der Waals surface area contributed by atoms with Gasteiger partial charge >= 0.3 is 0 Å². The SMILES string of the molecule is CN=C(NCCCNC(=O)c1occc1C)N1CCC(C)(C)C1. The largest absolute Gasteiger partial charge is 0.459 e. The van der Waals surface area contributed by atoms with Gasteiger partial charge in [-0.15, -0.1) is 0 Å². The van der Waals surface area contributed by atoms with E-state index in [1.165, 1.54) is 12.7 Å². The molecule has 0 aliphatic carbocycles. The number of carbonyl (C=O) groups is 1. The number of guanidine groups is 1. The van der Waals surface area contributed by atoms with E-state index >= 15 is 0 Å². The van der Waals surface area contributed by atoms with E-state index < -0.39 is 0 Å². The Morgan fingerprint density at radius 2 is 2.13 bits per heavy atom. The molecule has 2 rings (SSSR count). The summed E-state index contributed by atoms with van der Waals surface area (Å²) in [6.45, 7) is 9.89. The highest BCUT2D eigenvalue weighted by molar-refractivity contribution is 5.92. The molecule has 0 radical (unpaired) electrons. The summed E-state index contributed by atoms with van der Waals surface area (Å²) in [6.07, 6.45) is 3.56. The van der Waals surface area contributed by atoms with Gasteiger partial charge in [-0.05, 0) is 31.2 Å². The van der Waals surface area contributed by atoms with Crippen LogP contribution in [0.3, 0.4) is 0 Å². The molecule has 0 bridgehead atoms. The maximum Gasteiger partial charge on any atom is 0.287 e. The van der Waals surface area contributed by atoms with Gasteiger partial charge in [-0.1, -0.05) is 13.8 Å². The van der Waals surface area contributed by atoms with Crippen molar-refractivity contribution in [3.63, 3.8) is 0 Å². The van der Waals surface area contributed by atoms with E-state index in [-0.39, 0.29) is 5.91 Å². The predicted molar refractivity (Wildman–Crippen MR) is 91.7 cm³/mol. The van der Waals surface area contributed by atoms with Gasteiger partial charge in [0.15, 0.2) is 11.7 Å². The van der Waals surface area contributed by atoms with Crippen LogP contribution in [-0.2, 0) is 0 Å². The first-order chi connectivity index (χ1) is 10.9. The van der Waals surface area contributed by atoms with Crippen molar-refractivity contribution < 1.29 is 9.21 Å². The van der Waals surface area contributed by atoms with Crippen LogP contribution in [0.2, 0.25) is 0 Å². The van der Waals surface area contributed by atoms with Crippen molar-refractivity contribution >= 4 is 11.9 Å². The summed E-state index contributed by atoms with van der Waals surface area (Å²) in [5.41, 5.74) is 1.21. The van der Waals surface area contributed by atoms with Gasteiger partial charge in [0.05, 0.1) is 6.26 Å². The first-order valence-electron chi connectivity index (χ1n) is 8.21. The van der Waals surface area contributed by atoms with Gasteiger partial charge in [-0.25, -0.2) is 0 Å². The summed E-state index contributed by atoms with van der Waals surface area (Å²) in [5, 5.41) is 6.24. The zero-order valence-corrected chi connectivity index (χ0v) is 14.6. The smallest absolute Gasteiger partial charge is 0.287 e. The fraction of sp³-hybridized carbons (Fsp3) is 0.647. The van der Waals surface area contributed by atoms with E-state index in [2.05, 4.69) is 34.4 Å². The minimum absolute atomic E-state index is 0.154. The first kappa shape index (κ1) is 17.4. The van der Waals surface area contributed by atoms with Crippen LogP contribution in [0, 0.1) is 12.3 Å². The molecule has 1 aromatic rings. The molecule has 0 atom stereocenters. The van der Waals surface area contributed by atoms with Gasteiger partial charge in [0.2, 0.25) is 0 Å². The molecule has 1 aliphatic heterocycles. The topological polar surface area (TPSA) is 69.9 Å². The Morgan fingerprint density at radius 3 is 2.70 bits per heavy atom. The van der Waals surface area contributed by atoms with Crippen LogP contribution in [0.1, 0.15) is 42.8 Å². The Balaban J connectivity index is 1.67. The Morgan fingerprint density at radius 1 is 1.39 bits per heavy atom. The van der Waals surface area contributed by atoms with E-state index in [1.807, 2.05) is 14.0 Å². The summed E-state index contributed by atoms with van der Waals surface area (Å²) in [6, 6.07) is 1.79. The number of carbonyl (C=O) groups excluding carboxylic acids is 1. The molecule has 1 aromatic heterocycles. The number of nitrogens with one attached hydrogen (secondary N) is 2. The quantitative estimate of drug-likeness (QED) is 0.495. The summed E-state index contributed by atoms with van der Waals surface area (Å²) in [7, 11) is 1.81. The van der Waals surface area contributed by atoms with Gasteiger partial charge in [0.1, 0.15) is 0 Å². The molecule has 6 heteroatoms. The zero-order chi connectivity index (χ0) is 16.9. The standard InChI is InChI=1S/C17H28N4O2/c1-13-6-11-23-14(13)15(22)19-8-5-9-20-16(18-4)21-10-7-17(2,3)12-21/h6,11H,5,7-10,12H2,1-4H3,(H,18,20)(H,19,22). The van der Waals surface area contributed by atoms with Crippen LogP contribution >= 0.6 is 0 Å². The minimum Gasteiger partial charge on any atom is -0.459 e. The Hall–Kier alpha value is -1.98. The number of furan rings is 1. The molecule has 2 heterocycles. The van der Waals surface area contributed by atoms with Crippen molar-refractivity contribution in [3.8, 4) is 0 Å². The maximum atomic E-state index is 11.9. The second-order valence-electron chi connectivity index (χ2n) is 6.85. The van der Waals surface area contributed by atoms with Crippen molar-refractivity contribution in [2.45, 2.75) is 33.6 Å². The van der Waals surface area contributed by atoms with Gasteiger partial charge in [-0.2, -0.15) is 0 Å². The van der Waals surface area contributed by atoms with Crippen molar-refractivity contribution in [1.82, 2.24) is 15.5 Å². The molecule has 0 aromatic carbocycles. The Kier molecular flexibility index (Phi) is 5.69. The molecule has 2 N–H and O–H groups in total. The maximum absolute atomic E-state index is 11.9. The predicted octanol–water partition coefficient (Wildman–Crippen LogP) is 2.02. The Labute approximate surface area is 138 Å². The zero-order valence-electron chi connectivity index (χ0n) is 14.6. The average molecular weight is 320 g/mol. The number of likely N-dealkylation sites (tertiary alicyclic amines) is 1. The minimum atomic E-state index is -0.154. The molecule has 1 fully saturated rings. The first-order valence-corrected chi connectivity index (χ1v) is 8.21. The third-order valence-electron chi connectivity index (χ3n) is 4.18. The van der Waals surface area contributed by atoms with Gasteiger partial charge < -0.3 is 20.0 Å². The number of aryl methyl sites for hydroxylation is 1. The van der Waals surface area contributed by atoms with Crippen LogP contribution in [-0.4, -0.2) is 50.0 Å². The summed E-state index contributed by atoms with van der Waals surface area (Å²) in [5.74, 6) is 1.19. The lowest BCUT2D eigenvalue weighted by molar-refractivity contribution is 0.0925. The number of aliphatic imine (C=N–C) groups is 1. The van der Waals surface area contributed by atoms with Crippen LogP contribution in [0.25, 0.3) is 0 Å². The molecule has 6 nitrogen and oxygen atoms in total. The molecule has 0 spiro atoms. The second-order valence-corrected chi connectivity index (χ2v) is 6.85. The molecular weight excluding hydrogens is 292 g/mol. The van der Waals surface area contributed by atoms with Crippen LogP contribution in [0.5, 0.6) is 0 Å². The van der Waals surface area contributed by atoms with E-state index in [0.29, 0.717) is 17.7 Å². The summed E-state index contributed by atoms with van der Waals surface area (Å²) >= 11 is 0. The van der Waals surface area contributed by atoms with Crippen LogP contribution < -0.4 is 10.6 Å². The van der Waals surface area contributed by atoms with Gasteiger partial charge in [0, 0.05) is 38.8 Å². The van der Waals surface area contributed by atoms with Crippen molar-refractivity contribution in [2.75, 3.05) is 33.2 Å². The molecule has 1 aliphatic rings. The summed E-state index contributed by atoms with van der Waals surface area (Å²) < 4.78 is 5.17. The molecule has 0 unspecified atom stereocenters. The molecule has 23 heavy (non-hydrogen) atoms. The van der Waals surface area contributed by atoms with Gasteiger partial charge in [-0.3, -0.25) is 9.79 Å². The van der Waals surface area contributed by atoms with E-state index in [9.17, 15) is 4.79 Å². The van der Waals surface area contributed by atoms with Crippen molar-refractivity contribution in [2.24, 2.45) is 10.4 Å². The highest BCUT2D eigenvalue weighted by atomic mass is 16.3. The van der Waals surface area contributed by atoms with Gasteiger partial charge in [0.25, 0.3) is 5.91 Å². The highest BCUT2D eigenvalue weighted by Gasteiger charge is 2.30. The second kappa shape index (κ2) is 7.53. The number of hydrogen-bond donors (Lipinski definition) is 2. The normalized spacial score (nSPS) is 17.4. The van der Waals surface area contributed by atoms with E-state index in [4.69, 9.17) is 4.42 Å². The number of amides is 1. The lowest BCUT2D eigenvalue weighted by Gasteiger charge is -2.23. The molecular formula is C17H28N4O2. The Bertz CT molecular complexity index is 563. The number of hydrogen-bond acceptors (Lipinski definition) is 3. The number of rotatable bonds is 5. The van der Waals surface area contributed by atoms with Crippen LogP contribution in [0.4, 0.5) is 0 Å². The van der Waals surface area contributed by atoms with Crippen molar-refractivity contribution in [1.29, 1.82) is 0 Å². The molecule has 1 amide bonds. The third kappa shape index (κ3) is 4.74. The molecule has 128 valence electrons. The average Bonchev–Trinajstić information content (AvgIpc) is 3.08. The monoisotopic (exact) mass is 320 g/mol. The number of nitrogens with zero attached hydrogens (tertiary/aromatic N) is 2. The van der Waals surface area contributed by atoms with E-state index in [0.717, 1.165) is 37.6 Å². The fourth-order valence-electron chi connectivity index (χ4n) is 2.80.